The molecule has 1 unspecified atom stereocenters. The van der Waals surface area contributed by atoms with Crippen LogP contribution < -0.4 is 5.32 Å². The van der Waals surface area contributed by atoms with Gasteiger partial charge in [-0.15, -0.1) is 0 Å². The molecule has 0 aromatic heterocycles. The Morgan fingerprint density at radius 1 is 1.40 bits per heavy atom. The molecule has 0 saturated heterocycles. The standard InChI is InChI=1S/C10H17NO4/c1-6(5-12)11-9(13)7-3-2-4-8(7)10(14)15/h6-8,12H,2-5H2,1H3,(H,11,13)(H,14,15)/t6?,7-,8+/m1/s1. The van der Waals surface area contributed by atoms with Crippen LogP contribution in [-0.2, 0) is 9.59 Å². The predicted octanol–water partition coefficient (Wildman–Crippen LogP) is -0.0157. The van der Waals surface area contributed by atoms with E-state index in [1.54, 1.807) is 6.92 Å². The highest BCUT2D eigenvalue weighted by Gasteiger charge is 2.37. The number of rotatable bonds is 4. The molecule has 1 fully saturated rings. The number of carbonyl (C=O) groups excluding carboxylic acids is 1. The fourth-order valence-corrected chi connectivity index (χ4v) is 1.96. The lowest BCUT2D eigenvalue weighted by atomic mass is 9.95. The molecule has 5 nitrogen and oxygen atoms in total. The molecule has 1 aliphatic rings. The molecule has 5 heteroatoms. The van der Waals surface area contributed by atoms with Gasteiger partial charge in [-0.25, -0.2) is 0 Å². The average molecular weight is 215 g/mol. The largest absolute Gasteiger partial charge is 0.481 e. The number of carboxylic acid groups (broad SMARTS) is 1. The third-order valence-electron chi connectivity index (χ3n) is 2.83. The Morgan fingerprint density at radius 2 is 2.00 bits per heavy atom. The molecule has 86 valence electrons. The van der Waals surface area contributed by atoms with Crippen LogP contribution in [-0.4, -0.2) is 34.7 Å². The summed E-state index contributed by atoms with van der Waals surface area (Å²) in [5.41, 5.74) is 0. The molecule has 1 aliphatic carbocycles. The van der Waals surface area contributed by atoms with Crippen molar-refractivity contribution in [3.05, 3.63) is 0 Å². The van der Waals surface area contributed by atoms with E-state index in [1.165, 1.54) is 0 Å². The number of nitrogens with one attached hydrogen (secondary N) is 1. The first kappa shape index (κ1) is 12.0. The summed E-state index contributed by atoms with van der Waals surface area (Å²) >= 11 is 0. The molecule has 0 bridgehead atoms. The highest BCUT2D eigenvalue weighted by atomic mass is 16.4. The van der Waals surface area contributed by atoms with Crippen LogP contribution in [0, 0.1) is 11.8 Å². The first-order valence-electron chi connectivity index (χ1n) is 5.20. The number of carbonyl (C=O) groups is 2. The topological polar surface area (TPSA) is 86.6 Å². The third-order valence-corrected chi connectivity index (χ3v) is 2.83. The molecule has 15 heavy (non-hydrogen) atoms. The molecule has 3 N–H and O–H groups in total. The van der Waals surface area contributed by atoms with Crippen molar-refractivity contribution in [2.45, 2.75) is 32.2 Å². The Morgan fingerprint density at radius 3 is 2.53 bits per heavy atom. The van der Waals surface area contributed by atoms with Gasteiger partial charge in [0.25, 0.3) is 0 Å². The summed E-state index contributed by atoms with van der Waals surface area (Å²) < 4.78 is 0. The second-order valence-corrected chi connectivity index (χ2v) is 4.07. The maximum Gasteiger partial charge on any atom is 0.307 e. The van der Waals surface area contributed by atoms with Crippen molar-refractivity contribution in [2.75, 3.05) is 6.61 Å². The Hall–Kier alpha value is -1.10. The zero-order valence-electron chi connectivity index (χ0n) is 8.77. The van der Waals surface area contributed by atoms with Gasteiger partial charge >= 0.3 is 5.97 Å². The zero-order valence-corrected chi connectivity index (χ0v) is 8.77. The lowest BCUT2D eigenvalue weighted by Crippen LogP contribution is -2.41. The minimum absolute atomic E-state index is 0.129. The van der Waals surface area contributed by atoms with Crippen LogP contribution in [0.15, 0.2) is 0 Å². The molecule has 0 aliphatic heterocycles. The van der Waals surface area contributed by atoms with Gasteiger partial charge in [-0.1, -0.05) is 6.42 Å². The number of carboxylic acids is 1. The van der Waals surface area contributed by atoms with E-state index >= 15 is 0 Å². The fraction of sp³-hybridized carbons (Fsp3) is 0.800. The minimum Gasteiger partial charge on any atom is -0.481 e. The van der Waals surface area contributed by atoms with Crippen molar-refractivity contribution in [1.82, 2.24) is 5.32 Å². The average Bonchev–Trinajstić information content (AvgIpc) is 2.65. The van der Waals surface area contributed by atoms with E-state index < -0.39 is 17.8 Å². The smallest absolute Gasteiger partial charge is 0.307 e. The van der Waals surface area contributed by atoms with Crippen molar-refractivity contribution < 1.29 is 19.8 Å². The summed E-state index contributed by atoms with van der Waals surface area (Å²) in [5, 5.41) is 20.3. The molecule has 0 radical (unpaired) electrons. The van der Waals surface area contributed by atoms with Crippen LogP contribution in [0.1, 0.15) is 26.2 Å². The van der Waals surface area contributed by atoms with Crippen LogP contribution in [0.25, 0.3) is 0 Å². The molecule has 0 aromatic rings. The van der Waals surface area contributed by atoms with Gasteiger partial charge in [0.05, 0.1) is 18.4 Å². The lowest BCUT2D eigenvalue weighted by molar-refractivity contribution is -0.146. The van der Waals surface area contributed by atoms with Gasteiger partial charge in [0, 0.05) is 6.04 Å². The van der Waals surface area contributed by atoms with Crippen molar-refractivity contribution in [1.29, 1.82) is 0 Å². The van der Waals surface area contributed by atoms with Crippen molar-refractivity contribution >= 4 is 11.9 Å². The molecule has 3 atom stereocenters. The summed E-state index contributed by atoms with van der Waals surface area (Å²) in [6.07, 6.45) is 1.98. The van der Waals surface area contributed by atoms with Crippen LogP contribution in [0.2, 0.25) is 0 Å². The lowest BCUT2D eigenvalue weighted by Gasteiger charge is -2.18. The summed E-state index contributed by atoms with van der Waals surface area (Å²) in [4.78, 5) is 22.5. The number of hydrogen-bond donors (Lipinski definition) is 3. The fourth-order valence-electron chi connectivity index (χ4n) is 1.96. The summed E-state index contributed by atoms with van der Waals surface area (Å²) in [6, 6.07) is -0.312. The second kappa shape index (κ2) is 5.11. The van der Waals surface area contributed by atoms with Gasteiger partial charge in [-0.2, -0.15) is 0 Å². The van der Waals surface area contributed by atoms with Gasteiger partial charge in [-0.3, -0.25) is 9.59 Å². The van der Waals surface area contributed by atoms with Gasteiger partial charge in [0.1, 0.15) is 0 Å². The highest BCUT2D eigenvalue weighted by molar-refractivity contribution is 5.85. The molecular formula is C10H17NO4. The maximum absolute atomic E-state index is 11.6. The number of aliphatic hydroxyl groups excluding tert-OH is 1. The van der Waals surface area contributed by atoms with Crippen molar-refractivity contribution in [3.8, 4) is 0 Å². The Bertz CT molecular complexity index is 254. The SMILES string of the molecule is CC(CO)NC(=O)[C@@H]1CCC[C@@H]1C(=O)O. The quantitative estimate of drug-likeness (QED) is 0.615. The molecule has 1 saturated carbocycles. The number of aliphatic carboxylic acids is 1. The number of aliphatic hydroxyl groups is 1. The second-order valence-electron chi connectivity index (χ2n) is 4.07. The van der Waals surface area contributed by atoms with Gasteiger partial charge in [0.2, 0.25) is 5.91 Å². The molecule has 1 amide bonds. The molecule has 0 spiro atoms. The Balaban J connectivity index is 2.55. The van der Waals surface area contributed by atoms with Gasteiger partial charge in [-0.05, 0) is 19.8 Å². The summed E-state index contributed by atoms with van der Waals surface area (Å²) in [5.74, 6) is -2.14. The minimum atomic E-state index is -0.899. The van der Waals surface area contributed by atoms with Crippen molar-refractivity contribution in [3.63, 3.8) is 0 Å². The molecule has 0 aromatic carbocycles. The number of hydrogen-bond acceptors (Lipinski definition) is 3. The molecule has 0 heterocycles. The van der Waals surface area contributed by atoms with E-state index in [0.717, 1.165) is 6.42 Å². The van der Waals surface area contributed by atoms with E-state index in [-0.39, 0.29) is 18.6 Å². The normalized spacial score (nSPS) is 27.3. The highest BCUT2D eigenvalue weighted by Crippen LogP contribution is 2.32. The van der Waals surface area contributed by atoms with Crippen molar-refractivity contribution in [2.24, 2.45) is 11.8 Å². The Labute approximate surface area is 88.5 Å². The van der Waals surface area contributed by atoms with E-state index in [0.29, 0.717) is 12.8 Å². The van der Waals surface area contributed by atoms with Crippen LogP contribution in [0.5, 0.6) is 0 Å². The van der Waals surface area contributed by atoms with Gasteiger partial charge < -0.3 is 15.5 Å². The maximum atomic E-state index is 11.6. The van der Waals surface area contributed by atoms with Crippen LogP contribution >= 0.6 is 0 Å². The zero-order chi connectivity index (χ0) is 11.4. The van der Waals surface area contributed by atoms with E-state index in [1.807, 2.05) is 0 Å². The number of amides is 1. The molecule has 1 rings (SSSR count). The monoisotopic (exact) mass is 215 g/mol. The Kier molecular flexibility index (Phi) is 4.08. The van der Waals surface area contributed by atoms with E-state index in [2.05, 4.69) is 5.32 Å². The van der Waals surface area contributed by atoms with Crippen LogP contribution in [0.4, 0.5) is 0 Å². The molecular weight excluding hydrogens is 198 g/mol. The first-order chi connectivity index (χ1) is 7.06. The predicted molar refractivity (Wildman–Crippen MR) is 53.2 cm³/mol. The summed E-state index contributed by atoms with van der Waals surface area (Å²) in [7, 11) is 0. The van der Waals surface area contributed by atoms with E-state index in [9.17, 15) is 9.59 Å². The third kappa shape index (κ3) is 2.92. The van der Waals surface area contributed by atoms with Gasteiger partial charge in [0.15, 0.2) is 0 Å². The van der Waals surface area contributed by atoms with E-state index in [4.69, 9.17) is 10.2 Å². The first-order valence-corrected chi connectivity index (χ1v) is 5.20. The summed E-state index contributed by atoms with van der Waals surface area (Å²) in [6.45, 7) is 1.55. The van der Waals surface area contributed by atoms with Crippen LogP contribution in [0.3, 0.4) is 0 Å².